The SMILES string of the molecule is Cc1ccc(N2CCN(Cc3cccc(-c4ccccc4)c3)CC2)cc1. The highest BCUT2D eigenvalue weighted by Gasteiger charge is 2.17. The molecule has 2 heteroatoms. The van der Waals surface area contributed by atoms with Crippen molar-refractivity contribution in [3.63, 3.8) is 0 Å². The van der Waals surface area contributed by atoms with E-state index >= 15 is 0 Å². The summed E-state index contributed by atoms with van der Waals surface area (Å²) < 4.78 is 0. The Hall–Kier alpha value is -2.58. The molecule has 1 heterocycles. The molecule has 0 N–H and O–H groups in total. The van der Waals surface area contributed by atoms with Crippen LogP contribution in [-0.2, 0) is 6.54 Å². The van der Waals surface area contributed by atoms with Gasteiger partial charge in [-0.25, -0.2) is 0 Å². The van der Waals surface area contributed by atoms with E-state index in [1.54, 1.807) is 0 Å². The van der Waals surface area contributed by atoms with Gasteiger partial charge in [0.2, 0.25) is 0 Å². The fourth-order valence-corrected chi connectivity index (χ4v) is 3.66. The Morgan fingerprint density at radius 3 is 2.12 bits per heavy atom. The molecule has 0 atom stereocenters. The molecule has 0 spiro atoms. The summed E-state index contributed by atoms with van der Waals surface area (Å²) in [5.74, 6) is 0. The first-order valence-corrected chi connectivity index (χ1v) is 9.46. The van der Waals surface area contributed by atoms with Gasteiger partial charge in [-0.2, -0.15) is 0 Å². The van der Waals surface area contributed by atoms with Gasteiger partial charge in [0.15, 0.2) is 0 Å². The van der Waals surface area contributed by atoms with Crippen molar-refractivity contribution >= 4 is 5.69 Å². The van der Waals surface area contributed by atoms with E-state index in [1.807, 2.05) is 0 Å². The molecule has 1 fully saturated rings. The lowest BCUT2D eigenvalue weighted by atomic mass is 10.0. The number of piperazine rings is 1. The van der Waals surface area contributed by atoms with E-state index in [9.17, 15) is 0 Å². The van der Waals surface area contributed by atoms with E-state index in [2.05, 4.69) is 95.6 Å². The zero-order chi connectivity index (χ0) is 17.8. The van der Waals surface area contributed by atoms with Crippen molar-refractivity contribution in [2.24, 2.45) is 0 Å². The van der Waals surface area contributed by atoms with Crippen LogP contribution in [-0.4, -0.2) is 31.1 Å². The summed E-state index contributed by atoms with van der Waals surface area (Å²) in [5.41, 5.74) is 6.67. The smallest absolute Gasteiger partial charge is 0.0367 e. The Morgan fingerprint density at radius 2 is 1.38 bits per heavy atom. The Balaban J connectivity index is 1.38. The number of anilines is 1. The number of benzene rings is 3. The van der Waals surface area contributed by atoms with E-state index in [1.165, 1.54) is 27.9 Å². The molecule has 26 heavy (non-hydrogen) atoms. The van der Waals surface area contributed by atoms with Gasteiger partial charge < -0.3 is 4.90 Å². The zero-order valence-corrected chi connectivity index (χ0v) is 15.4. The summed E-state index contributed by atoms with van der Waals surface area (Å²) in [7, 11) is 0. The highest BCUT2D eigenvalue weighted by molar-refractivity contribution is 5.63. The quantitative estimate of drug-likeness (QED) is 0.659. The van der Waals surface area contributed by atoms with Crippen LogP contribution >= 0.6 is 0 Å². The van der Waals surface area contributed by atoms with Crippen LogP contribution in [0.2, 0.25) is 0 Å². The molecule has 1 saturated heterocycles. The maximum Gasteiger partial charge on any atom is 0.0367 e. The highest BCUT2D eigenvalue weighted by Crippen LogP contribution is 2.22. The second-order valence-electron chi connectivity index (χ2n) is 7.17. The van der Waals surface area contributed by atoms with Gasteiger partial charge >= 0.3 is 0 Å². The molecule has 0 aromatic heterocycles. The molecular weight excluding hydrogens is 316 g/mol. The molecule has 1 aliphatic rings. The zero-order valence-electron chi connectivity index (χ0n) is 15.4. The number of aryl methyl sites for hydroxylation is 1. The summed E-state index contributed by atoms with van der Waals surface area (Å²) in [4.78, 5) is 5.06. The van der Waals surface area contributed by atoms with Gasteiger partial charge in [0.25, 0.3) is 0 Å². The second kappa shape index (κ2) is 7.76. The Morgan fingerprint density at radius 1 is 0.692 bits per heavy atom. The topological polar surface area (TPSA) is 6.48 Å². The summed E-state index contributed by atoms with van der Waals surface area (Å²) in [6.45, 7) is 7.60. The molecule has 0 unspecified atom stereocenters. The molecule has 0 saturated carbocycles. The van der Waals surface area contributed by atoms with Crippen LogP contribution < -0.4 is 4.90 Å². The van der Waals surface area contributed by atoms with E-state index < -0.39 is 0 Å². The standard InChI is InChI=1S/C24H26N2/c1-20-10-12-24(13-11-20)26-16-14-25(15-17-26)19-21-6-5-9-23(18-21)22-7-3-2-4-8-22/h2-13,18H,14-17,19H2,1H3. The maximum atomic E-state index is 2.56. The molecule has 3 aromatic carbocycles. The predicted molar refractivity (Wildman–Crippen MR) is 111 cm³/mol. The maximum absolute atomic E-state index is 2.56. The minimum Gasteiger partial charge on any atom is -0.369 e. The predicted octanol–water partition coefficient (Wildman–Crippen LogP) is 4.98. The average molecular weight is 342 g/mol. The van der Waals surface area contributed by atoms with Gasteiger partial charge in [0.05, 0.1) is 0 Å². The van der Waals surface area contributed by atoms with Crippen LogP contribution in [0, 0.1) is 6.92 Å². The van der Waals surface area contributed by atoms with Crippen LogP contribution in [0.4, 0.5) is 5.69 Å². The number of rotatable bonds is 4. The summed E-state index contributed by atoms with van der Waals surface area (Å²) in [6.07, 6.45) is 0. The van der Waals surface area contributed by atoms with Crippen molar-refractivity contribution < 1.29 is 0 Å². The van der Waals surface area contributed by atoms with Crippen molar-refractivity contribution in [3.8, 4) is 11.1 Å². The van der Waals surface area contributed by atoms with Crippen molar-refractivity contribution in [2.75, 3.05) is 31.1 Å². The molecule has 3 aromatic rings. The third-order valence-corrected chi connectivity index (χ3v) is 5.21. The third kappa shape index (κ3) is 3.97. The van der Waals surface area contributed by atoms with Crippen molar-refractivity contribution in [1.82, 2.24) is 4.90 Å². The van der Waals surface area contributed by atoms with Gasteiger partial charge in [-0.15, -0.1) is 0 Å². The molecular formula is C24H26N2. The lowest BCUT2D eigenvalue weighted by Gasteiger charge is -2.36. The molecule has 0 radical (unpaired) electrons. The van der Waals surface area contributed by atoms with Crippen LogP contribution in [0.3, 0.4) is 0 Å². The summed E-state index contributed by atoms with van der Waals surface area (Å²) in [6, 6.07) is 28.5. The Kier molecular flexibility index (Phi) is 5.03. The monoisotopic (exact) mass is 342 g/mol. The van der Waals surface area contributed by atoms with E-state index in [0.717, 1.165) is 32.7 Å². The molecule has 0 aliphatic carbocycles. The molecule has 132 valence electrons. The number of nitrogens with zero attached hydrogens (tertiary/aromatic N) is 2. The van der Waals surface area contributed by atoms with Crippen molar-refractivity contribution in [2.45, 2.75) is 13.5 Å². The minimum absolute atomic E-state index is 1.03. The third-order valence-electron chi connectivity index (χ3n) is 5.21. The van der Waals surface area contributed by atoms with E-state index in [4.69, 9.17) is 0 Å². The van der Waals surface area contributed by atoms with Gasteiger partial charge in [-0.05, 0) is 41.8 Å². The van der Waals surface area contributed by atoms with Gasteiger partial charge in [-0.3, -0.25) is 4.90 Å². The Bertz CT molecular complexity index is 832. The molecule has 2 nitrogen and oxygen atoms in total. The van der Waals surface area contributed by atoms with Crippen molar-refractivity contribution in [1.29, 1.82) is 0 Å². The van der Waals surface area contributed by atoms with Crippen molar-refractivity contribution in [3.05, 3.63) is 90.0 Å². The molecule has 1 aliphatic heterocycles. The van der Waals surface area contributed by atoms with E-state index in [0.29, 0.717) is 0 Å². The van der Waals surface area contributed by atoms with Crippen LogP contribution in [0.1, 0.15) is 11.1 Å². The van der Waals surface area contributed by atoms with E-state index in [-0.39, 0.29) is 0 Å². The summed E-state index contributed by atoms with van der Waals surface area (Å²) >= 11 is 0. The minimum atomic E-state index is 1.03. The van der Waals surface area contributed by atoms with Gasteiger partial charge in [-0.1, -0.05) is 66.2 Å². The molecule has 0 amide bonds. The first kappa shape index (κ1) is 16.9. The fraction of sp³-hybridized carbons (Fsp3) is 0.250. The lowest BCUT2D eigenvalue weighted by Crippen LogP contribution is -2.45. The number of hydrogen-bond acceptors (Lipinski definition) is 2. The van der Waals surface area contributed by atoms with Crippen LogP contribution in [0.5, 0.6) is 0 Å². The normalized spacial score (nSPS) is 15.2. The average Bonchev–Trinajstić information content (AvgIpc) is 2.70. The van der Waals surface area contributed by atoms with Gasteiger partial charge in [0, 0.05) is 38.4 Å². The first-order chi connectivity index (χ1) is 12.8. The molecule has 4 rings (SSSR count). The number of hydrogen-bond donors (Lipinski definition) is 0. The van der Waals surface area contributed by atoms with Crippen LogP contribution in [0.25, 0.3) is 11.1 Å². The lowest BCUT2D eigenvalue weighted by molar-refractivity contribution is 0.250. The summed E-state index contributed by atoms with van der Waals surface area (Å²) in [5, 5.41) is 0. The first-order valence-electron chi connectivity index (χ1n) is 9.46. The molecule has 0 bridgehead atoms. The van der Waals surface area contributed by atoms with Gasteiger partial charge in [0.1, 0.15) is 0 Å². The highest BCUT2D eigenvalue weighted by atomic mass is 15.3. The van der Waals surface area contributed by atoms with Crippen LogP contribution in [0.15, 0.2) is 78.9 Å². The Labute approximate surface area is 156 Å². The fourth-order valence-electron chi connectivity index (χ4n) is 3.66. The largest absolute Gasteiger partial charge is 0.369 e. The second-order valence-corrected chi connectivity index (χ2v) is 7.17.